The van der Waals surface area contributed by atoms with E-state index in [2.05, 4.69) is 67.7 Å². The summed E-state index contributed by atoms with van der Waals surface area (Å²) in [5.74, 6) is 0.728. The number of esters is 1. The molecule has 45 heavy (non-hydrogen) atoms. The molecule has 0 N–H and O–H groups in total. The van der Waals surface area contributed by atoms with Gasteiger partial charge < -0.3 is 13.6 Å². The molecule has 0 saturated heterocycles. The molecule has 5 nitrogen and oxygen atoms in total. The first kappa shape index (κ1) is 31.8. The predicted octanol–water partition coefficient (Wildman–Crippen LogP) is 6.96. The highest BCUT2D eigenvalue weighted by atomic mass is 28.4. The van der Waals surface area contributed by atoms with E-state index in [1.807, 2.05) is 54.6 Å². The molecule has 0 saturated carbocycles. The van der Waals surface area contributed by atoms with Crippen LogP contribution in [0.15, 0.2) is 133 Å². The van der Waals surface area contributed by atoms with Crippen molar-refractivity contribution in [1.29, 1.82) is 0 Å². The average molecular weight is 631 g/mol. The molecule has 0 amide bonds. The number of para-hydroxylation sites is 2. The normalized spacial score (nSPS) is 13.7. The van der Waals surface area contributed by atoms with Crippen molar-refractivity contribution in [3.05, 3.63) is 156 Å². The van der Waals surface area contributed by atoms with E-state index in [-0.39, 0.29) is 5.78 Å². The minimum Gasteiger partial charge on any atom is -0.496 e. The van der Waals surface area contributed by atoms with Gasteiger partial charge in [0, 0.05) is 5.56 Å². The summed E-state index contributed by atoms with van der Waals surface area (Å²) in [4.78, 5) is 25.2. The average Bonchev–Trinajstić information content (AvgIpc) is 3.06. The Morgan fingerprint density at radius 1 is 0.578 bits per heavy atom. The van der Waals surface area contributed by atoms with E-state index in [0.717, 1.165) is 28.1 Å². The molecule has 0 heterocycles. The minimum atomic E-state index is -2.77. The molecule has 7 heteroatoms. The number of carbonyl (C=O) groups is 2. The van der Waals surface area contributed by atoms with Crippen LogP contribution in [-0.2, 0) is 16.2 Å². The van der Waals surface area contributed by atoms with Crippen LogP contribution in [-0.4, -0.2) is 35.5 Å². The Bertz CT molecular complexity index is 1780. The molecular formula is C38H38O5Si2. The van der Waals surface area contributed by atoms with Crippen LogP contribution in [0.4, 0.5) is 0 Å². The summed E-state index contributed by atoms with van der Waals surface area (Å²) in [6.07, 6.45) is 0. The van der Waals surface area contributed by atoms with Gasteiger partial charge in [-0.3, -0.25) is 4.79 Å². The summed E-state index contributed by atoms with van der Waals surface area (Å²) >= 11 is 0. The molecular weight excluding hydrogens is 593 g/mol. The Balaban J connectivity index is 1.54. The highest BCUT2D eigenvalue weighted by molar-refractivity contribution is 6.97. The summed E-state index contributed by atoms with van der Waals surface area (Å²) in [7, 11) is -3.72. The third-order valence-electron chi connectivity index (χ3n) is 8.15. The van der Waals surface area contributed by atoms with E-state index in [0.29, 0.717) is 22.9 Å². The molecule has 5 aromatic carbocycles. The second-order valence-electron chi connectivity index (χ2n) is 11.6. The molecule has 0 bridgehead atoms. The van der Waals surface area contributed by atoms with Crippen LogP contribution in [0.25, 0.3) is 0 Å². The van der Waals surface area contributed by atoms with Crippen LogP contribution in [0.2, 0.25) is 13.1 Å². The third-order valence-corrected chi connectivity index (χ3v) is 17.0. The van der Waals surface area contributed by atoms with Gasteiger partial charge in [0.25, 0.3) is 0 Å². The zero-order valence-corrected chi connectivity index (χ0v) is 28.2. The Kier molecular flexibility index (Phi) is 9.93. The highest BCUT2D eigenvalue weighted by Gasteiger charge is 2.43. The van der Waals surface area contributed by atoms with Crippen molar-refractivity contribution in [3.63, 3.8) is 0 Å². The fraction of sp³-hybridized carbons (Fsp3) is 0.158. The first-order valence-corrected chi connectivity index (χ1v) is 20.3. The van der Waals surface area contributed by atoms with Crippen molar-refractivity contribution in [2.24, 2.45) is 0 Å². The number of ketones is 1. The smallest absolute Gasteiger partial charge is 0.343 e. The van der Waals surface area contributed by atoms with Crippen molar-refractivity contribution < 1.29 is 23.2 Å². The molecule has 0 aliphatic heterocycles. The van der Waals surface area contributed by atoms with Gasteiger partial charge in [0.15, 0.2) is 5.78 Å². The monoisotopic (exact) mass is 630 g/mol. The first-order valence-electron chi connectivity index (χ1n) is 15.0. The van der Waals surface area contributed by atoms with E-state index < -0.39 is 22.6 Å². The standard InChI is InChI=1S/C38H38O5Si2/c1-29(39)30-18-15-19-31(26-30)38(40)42-37-25-14-12-17-33(37)28-45(4,35-22-9-6-10-23-35)43-44(3,34-20-7-5-8-21-34)27-32-16-11-13-24-36(32)41-2/h5-26H,27-28H2,1-4H3. The van der Waals surface area contributed by atoms with Crippen molar-refractivity contribution in [3.8, 4) is 11.5 Å². The summed E-state index contributed by atoms with van der Waals surface area (Å²) in [6, 6.07) is 44.7. The molecule has 0 aromatic heterocycles. The number of carbonyl (C=O) groups excluding carboxylic acids is 2. The van der Waals surface area contributed by atoms with Crippen molar-refractivity contribution in [2.75, 3.05) is 7.11 Å². The molecule has 228 valence electrons. The van der Waals surface area contributed by atoms with E-state index in [9.17, 15) is 9.59 Å². The predicted molar refractivity (Wildman–Crippen MR) is 185 cm³/mol. The van der Waals surface area contributed by atoms with Gasteiger partial charge in [-0.15, -0.1) is 0 Å². The van der Waals surface area contributed by atoms with Crippen LogP contribution >= 0.6 is 0 Å². The largest absolute Gasteiger partial charge is 0.496 e. The lowest BCUT2D eigenvalue weighted by Crippen LogP contribution is -2.63. The van der Waals surface area contributed by atoms with Gasteiger partial charge in [-0.1, -0.05) is 109 Å². The molecule has 0 aliphatic carbocycles. The maximum atomic E-state index is 13.3. The molecule has 0 fully saturated rings. The van der Waals surface area contributed by atoms with Crippen LogP contribution < -0.4 is 19.8 Å². The maximum Gasteiger partial charge on any atom is 0.343 e. The van der Waals surface area contributed by atoms with Crippen LogP contribution in [0, 0.1) is 0 Å². The lowest BCUT2D eigenvalue weighted by atomic mass is 10.1. The number of benzene rings is 5. The second kappa shape index (κ2) is 14.0. The van der Waals surface area contributed by atoms with Crippen molar-refractivity contribution >= 4 is 38.8 Å². The van der Waals surface area contributed by atoms with E-state index >= 15 is 0 Å². The van der Waals surface area contributed by atoms with Gasteiger partial charge in [-0.2, -0.15) is 0 Å². The summed E-state index contributed by atoms with van der Waals surface area (Å²) in [5.41, 5.74) is 2.81. The Morgan fingerprint density at radius 2 is 1.04 bits per heavy atom. The fourth-order valence-corrected chi connectivity index (χ4v) is 15.6. The number of methoxy groups -OCH3 is 1. The zero-order chi connectivity index (χ0) is 31.9. The molecule has 2 atom stereocenters. The molecule has 0 aliphatic rings. The number of ether oxygens (including phenoxy) is 2. The van der Waals surface area contributed by atoms with Crippen molar-refractivity contribution in [1.82, 2.24) is 0 Å². The first-order chi connectivity index (χ1) is 21.7. The summed E-state index contributed by atoms with van der Waals surface area (Å²) in [5, 5.41) is 2.37. The SMILES string of the molecule is COc1ccccc1C[Si](C)(O[Si](C)(Cc1ccccc1OC(=O)c1cccc(C(C)=O)c1)c1ccccc1)c1ccccc1. The lowest BCUT2D eigenvalue weighted by molar-refractivity contribution is 0.0733. The van der Waals surface area contributed by atoms with Crippen LogP contribution in [0.1, 0.15) is 38.8 Å². The van der Waals surface area contributed by atoms with E-state index in [4.69, 9.17) is 13.6 Å². The second-order valence-corrected chi connectivity index (χ2v) is 19.2. The molecule has 5 aromatic rings. The fourth-order valence-electron chi connectivity index (χ4n) is 5.82. The van der Waals surface area contributed by atoms with Gasteiger partial charge in [0.2, 0.25) is 16.6 Å². The van der Waals surface area contributed by atoms with Crippen molar-refractivity contribution in [2.45, 2.75) is 32.1 Å². The minimum absolute atomic E-state index is 0.106. The van der Waals surface area contributed by atoms with Crippen LogP contribution in [0.3, 0.4) is 0 Å². The topological polar surface area (TPSA) is 61.8 Å². The van der Waals surface area contributed by atoms with Gasteiger partial charge in [0.1, 0.15) is 11.5 Å². The molecule has 2 unspecified atom stereocenters. The van der Waals surface area contributed by atoms with E-state index in [1.54, 1.807) is 31.4 Å². The van der Waals surface area contributed by atoms with E-state index in [1.165, 1.54) is 12.1 Å². The molecule has 0 spiro atoms. The number of rotatable bonds is 12. The van der Waals surface area contributed by atoms with Crippen LogP contribution in [0.5, 0.6) is 11.5 Å². The summed E-state index contributed by atoms with van der Waals surface area (Å²) < 4.78 is 19.4. The lowest BCUT2D eigenvalue weighted by Gasteiger charge is -2.40. The summed E-state index contributed by atoms with van der Waals surface area (Å²) in [6.45, 7) is 6.03. The number of hydrogen-bond donors (Lipinski definition) is 0. The quantitative estimate of drug-likeness (QED) is 0.0646. The zero-order valence-electron chi connectivity index (χ0n) is 26.2. The Labute approximate surface area is 267 Å². The molecule has 0 radical (unpaired) electrons. The van der Waals surface area contributed by atoms with Gasteiger partial charge in [-0.25, -0.2) is 4.79 Å². The Morgan fingerprint density at radius 3 is 1.58 bits per heavy atom. The third kappa shape index (κ3) is 7.57. The van der Waals surface area contributed by atoms with Gasteiger partial charge in [0.05, 0.1) is 12.7 Å². The maximum absolute atomic E-state index is 13.3. The highest BCUT2D eigenvalue weighted by Crippen LogP contribution is 2.29. The van der Waals surface area contributed by atoms with Gasteiger partial charge in [-0.05, 0) is 77.9 Å². The van der Waals surface area contributed by atoms with Gasteiger partial charge >= 0.3 is 5.97 Å². The number of hydrogen-bond acceptors (Lipinski definition) is 5. The Hall–Kier alpha value is -4.57. The molecule has 5 rings (SSSR count). The number of Topliss-reactive ketones (excluding diaryl/α,β-unsaturated/α-hetero) is 1.